The van der Waals surface area contributed by atoms with Crippen molar-refractivity contribution in [1.29, 1.82) is 0 Å². The zero-order valence-electron chi connectivity index (χ0n) is 13.0. The molecule has 3 aromatic rings. The molecular formula is C17H17FN4S. The first-order valence-electron chi connectivity index (χ1n) is 7.26. The highest BCUT2D eigenvalue weighted by Crippen LogP contribution is 2.25. The van der Waals surface area contributed by atoms with Crippen molar-refractivity contribution in [3.63, 3.8) is 0 Å². The monoisotopic (exact) mass is 328 g/mol. The first-order valence-corrected chi connectivity index (χ1v) is 8.20. The third-order valence-electron chi connectivity index (χ3n) is 3.67. The Hall–Kier alpha value is -2.34. The van der Waals surface area contributed by atoms with Crippen LogP contribution in [0.5, 0.6) is 0 Å². The predicted octanol–water partition coefficient (Wildman–Crippen LogP) is 4.13. The van der Waals surface area contributed by atoms with Gasteiger partial charge in [-0.2, -0.15) is 11.3 Å². The Balaban J connectivity index is 1.78. The molecule has 0 fully saturated rings. The molecule has 3 aromatic heterocycles. The van der Waals surface area contributed by atoms with E-state index >= 15 is 0 Å². The first kappa shape index (κ1) is 15.6. The molecule has 0 atom stereocenters. The average molecular weight is 328 g/mol. The largest absolute Gasteiger partial charge is 0.353 e. The van der Waals surface area contributed by atoms with Crippen molar-refractivity contribution in [2.45, 2.75) is 19.3 Å². The standard InChI is InChI=1S/C17H17FN4S/c1-17(2,13-4-3-6-19-8-13)11-21-16-20-9-14(18)15(22-16)12-5-7-23-10-12/h3-10H,11H2,1-2H3,(H,20,21,22). The molecule has 0 aromatic carbocycles. The summed E-state index contributed by atoms with van der Waals surface area (Å²) in [6.07, 6.45) is 4.81. The van der Waals surface area contributed by atoms with Gasteiger partial charge in [0, 0.05) is 35.3 Å². The fraction of sp³-hybridized carbons (Fsp3) is 0.235. The van der Waals surface area contributed by atoms with Gasteiger partial charge in [-0.15, -0.1) is 0 Å². The number of nitrogens with zero attached hydrogens (tertiary/aromatic N) is 3. The van der Waals surface area contributed by atoms with E-state index in [2.05, 4.69) is 34.1 Å². The topological polar surface area (TPSA) is 50.7 Å². The van der Waals surface area contributed by atoms with E-state index < -0.39 is 5.82 Å². The number of rotatable bonds is 5. The van der Waals surface area contributed by atoms with E-state index in [1.165, 1.54) is 17.5 Å². The van der Waals surface area contributed by atoms with Crippen LogP contribution in [0.3, 0.4) is 0 Å². The SMILES string of the molecule is CC(C)(CNc1ncc(F)c(-c2ccsc2)n1)c1cccnc1. The van der Waals surface area contributed by atoms with E-state index in [4.69, 9.17) is 0 Å². The van der Waals surface area contributed by atoms with Crippen molar-refractivity contribution in [1.82, 2.24) is 15.0 Å². The van der Waals surface area contributed by atoms with Crippen LogP contribution in [0.2, 0.25) is 0 Å². The predicted molar refractivity (Wildman–Crippen MR) is 91.1 cm³/mol. The van der Waals surface area contributed by atoms with Crippen LogP contribution in [0, 0.1) is 5.82 Å². The maximum Gasteiger partial charge on any atom is 0.223 e. The van der Waals surface area contributed by atoms with Gasteiger partial charge < -0.3 is 5.32 Å². The van der Waals surface area contributed by atoms with Gasteiger partial charge in [-0.25, -0.2) is 14.4 Å². The van der Waals surface area contributed by atoms with Crippen LogP contribution in [-0.4, -0.2) is 21.5 Å². The van der Waals surface area contributed by atoms with E-state index in [9.17, 15) is 4.39 Å². The molecule has 6 heteroatoms. The summed E-state index contributed by atoms with van der Waals surface area (Å²) in [6, 6.07) is 5.80. The Labute approximate surface area is 138 Å². The number of thiophene rings is 1. The summed E-state index contributed by atoms with van der Waals surface area (Å²) in [5.74, 6) is 0.00466. The van der Waals surface area contributed by atoms with Crippen LogP contribution in [0.1, 0.15) is 19.4 Å². The van der Waals surface area contributed by atoms with Crippen molar-refractivity contribution in [2.75, 3.05) is 11.9 Å². The minimum absolute atomic E-state index is 0.144. The summed E-state index contributed by atoms with van der Waals surface area (Å²) in [4.78, 5) is 12.5. The van der Waals surface area contributed by atoms with E-state index in [-0.39, 0.29) is 5.41 Å². The molecule has 23 heavy (non-hydrogen) atoms. The van der Waals surface area contributed by atoms with Crippen LogP contribution < -0.4 is 5.32 Å². The molecule has 0 aliphatic rings. The van der Waals surface area contributed by atoms with Crippen molar-refractivity contribution in [2.24, 2.45) is 0 Å². The fourth-order valence-corrected chi connectivity index (χ4v) is 2.86. The summed E-state index contributed by atoms with van der Waals surface area (Å²) >= 11 is 1.51. The van der Waals surface area contributed by atoms with Gasteiger partial charge in [0.15, 0.2) is 5.82 Å². The summed E-state index contributed by atoms with van der Waals surface area (Å²) in [7, 11) is 0. The number of anilines is 1. The van der Waals surface area contributed by atoms with E-state index in [1.54, 1.807) is 6.20 Å². The third kappa shape index (κ3) is 3.53. The molecular weight excluding hydrogens is 311 g/mol. The Morgan fingerprint density at radius 2 is 2.13 bits per heavy atom. The van der Waals surface area contributed by atoms with Crippen molar-refractivity contribution in [3.8, 4) is 11.3 Å². The Bertz CT molecular complexity index is 773. The van der Waals surface area contributed by atoms with Crippen LogP contribution in [0.15, 0.2) is 47.5 Å². The Morgan fingerprint density at radius 3 is 2.83 bits per heavy atom. The van der Waals surface area contributed by atoms with Gasteiger partial charge in [-0.3, -0.25) is 4.98 Å². The molecule has 118 valence electrons. The quantitative estimate of drug-likeness (QED) is 0.765. The zero-order chi connectivity index (χ0) is 16.3. The number of nitrogens with one attached hydrogen (secondary N) is 1. The Kier molecular flexibility index (Phi) is 4.34. The molecule has 0 radical (unpaired) electrons. The first-order chi connectivity index (χ1) is 11.1. The molecule has 3 heterocycles. The molecule has 0 aliphatic carbocycles. The highest BCUT2D eigenvalue weighted by Gasteiger charge is 2.21. The molecule has 0 bridgehead atoms. The molecule has 0 saturated heterocycles. The fourth-order valence-electron chi connectivity index (χ4n) is 2.22. The lowest BCUT2D eigenvalue weighted by molar-refractivity contribution is 0.552. The minimum Gasteiger partial charge on any atom is -0.353 e. The smallest absolute Gasteiger partial charge is 0.223 e. The second-order valence-electron chi connectivity index (χ2n) is 5.88. The molecule has 3 rings (SSSR count). The van der Waals surface area contributed by atoms with E-state index in [0.29, 0.717) is 18.2 Å². The molecule has 0 aliphatic heterocycles. The number of hydrogen-bond acceptors (Lipinski definition) is 5. The van der Waals surface area contributed by atoms with Gasteiger partial charge in [0.1, 0.15) is 5.69 Å². The summed E-state index contributed by atoms with van der Waals surface area (Å²) in [6.45, 7) is 4.84. The number of halogens is 1. The van der Waals surface area contributed by atoms with Gasteiger partial charge in [-0.1, -0.05) is 19.9 Å². The molecule has 0 saturated carbocycles. The summed E-state index contributed by atoms with van der Waals surface area (Å²) < 4.78 is 13.9. The lowest BCUT2D eigenvalue weighted by atomic mass is 9.86. The Morgan fingerprint density at radius 1 is 1.26 bits per heavy atom. The second-order valence-corrected chi connectivity index (χ2v) is 6.66. The molecule has 1 N–H and O–H groups in total. The normalized spacial score (nSPS) is 11.4. The van der Waals surface area contributed by atoms with Crippen LogP contribution >= 0.6 is 11.3 Å². The van der Waals surface area contributed by atoms with Crippen molar-refractivity contribution >= 4 is 17.3 Å². The van der Waals surface area contributed by atoms with Crippen LogP contribution in [0.25, 0.3) is 11.3 Å². The van der Waals surface area contributed by atoms with E-state index in [1.807, 2.05) is 35.2 Å². The molecule has 4 nitrogen and oxygen atoms in total. The van der Waals surface area contributed by atoms with Gasteiger partial charge in [0.25, 0.3) is 0 Å². The minimum atomic E-state index is -0.416. The maximum atomic E-state index is 13.9. The lowest BCUT2D eigenvalue weighted by Crippen LogP contribution is -2.28. The van der Waals surface area contributed by atoms with E-state index in [0.717, 1.165) is 11.1 Å². The number of aromatic nitrogens is 3. The molecule has 0 amide bonds. The summed E-state index contributed by atoms with van der Waals surface area (Å²) in [5, 5.41) is 6.97. The number of hydrogen-bond donors (Lipinski definition) is 1. The molecule has 0 unspecified atom stereocenters. The highest BCUT2D eigenvalue weighted by atomic mass is 32.1. The average Bonchev–Trinajstić information content (AvgIpc) is 3.09. The lowest BCUT2D eigenvalue weighted by Gasteiger charge is -2.25. The van der Waals surface area contributed by atoms with Crippen molar-refractivity contribution < 1.29 is 4.39 Å². The maximum absolute atomic E-state index is 13.9. The van der Waals surface area contributed by atoms with Gasteiger partial charge in [0.05, 0.1) is 6.20 Å². The van der Waals surface area contributed by atoms with Crippen LogP contribution in [-0.2, 0) is 5.41 Å². The zero-order valence-corrected chi connectivity index (χ0v) is 13.8. The highest BCUT2D eigenvalue weighted by molar-refractivity contribution is 7.08. The van der Waals surface area contributed by atoms with Gasteiger partial charge in [0.2, 0.25) is 5.95 Å². The van der Waals surface area contributed by atoms with Gasteiger partial charge in [-0.05, 0) is 23.1 Å². The summed E-state index contributed by atoms with van der Waals surface area (Å²) in [5.41, 5.74) is 2.06. The second kappa shape index (κ2) is 6.42. The molecule has 0 spiro atoms. The number of pyridine rings is 1. The third-order valence-corrected chi connectivity index (χ3v) is 4.35. The van der Waals surface area contributed by atoms with Crippen LogP contribution in [0.4, 0.5) is 10.3 Å². The van der Waals surface area contributed by atoms with Gasteiger partial charge >= 0.3 is 0 Å². The van der Waals surface area contributed by atoms with Crippen molar-refractivity contribution in [3.05, 3.63) is 58.9 Å².